The minimum Gasteiger partial charge on any atom is -0.706 e. The topological polar surface area (TPSA) is 78.0 Å². The average Bonchev–Trinajstić information content (AvgIpc) is 2.53. The Kier molecular flexibility index (Phi) is 5.14. The van der Waals surface area contributed by atoms with E-state index in [1.54, 1.807) is 42.5 Å². The maximum atomic E-state index is 11.8. The summed E-state index contributed by atoms with van der Waals surface area (Å²) in [4.78, 5) is 23.0. The number of aryl methyl sites for hydroxylation is 1. The first-order valence-electron chi connectivity index (χ1n) is 6.85. The number of Topliss-reactive ketones (excluding diaryl/α,β-unsaturated/α-hetero) is 1. The molecule has 0 aromatic heterocycles. The van der Waals surface area contributed by atoms with E-state index in [1.807, 2.05) is 6.07 Å². The highest BCUT2D eigenvalue weighted by atomic mass is 16.5. The van der Waals surface area contributed by atoms with E-state index in [-0.39, 0.29) is 18.2 Å². The Morgan fingerprint density at radius 3 is 2.41 bits per heavy atom. The Hall–Kier alpha value is -2.82. The van der Waals surface area contributed by atoms with Crippen LogP contribution in [-0.4, -0.2) is 11.8 Å². The lowest BCUT2D eigenvalue weighted by Crippen LogP contribution is -2.09. The molecule has 0 unspecified atom stereocenters. The van der Waals surface area contributed by atoms with Gasteiger partial charge >= 0.3 is 5.97 Å². The lowest BCUT2D eigenvalue weighted by molar-refractivity contribution is -0.134. The fraction of sp³-hybridized carbons (Fsp3) is 0.176. The fourth-order valence-corrected chi connectivity index (χ4v) is 2.00. The van der Waals surface area contributed by atoms with Gasteiger partial charge in [0.15, 0.2) is 5.78 Å². The third-order valence-electron chi connectivity index (χ3n) is 3.19. The van der Waals surface area contributed by atoms with Gasteiger partial charge in [0.05, 0.1) is 6.42 Å². The van der Waals surface area contributed by atoms with E-state index in [0.29, 0.717) is 23.4 Å². The minimum atomic E-state index is -0.386. The molecule has 0 bridgehead atoms. The molecule has 0 fully saturated rings. The Morgan fingerprint density at radius 2 is 1.77 bits per heavy atom. The quantitative estimate of drug-likeness (QED) is 0.348. The summed E-state index contributed by atoms with van der Waals surface area (Å²) in [6.07, 6.45) is 0.589. The molecule has 0 N–H and O–H groups in total. The summed E-state index contributed by atoms with van der Waals surface area (Å²) in [7, 11) is 0. The number of rotatable bonds is 6. The molecule has 2 aromatic carbocycles. The van der Waals surface area contributed by atoms with Crippen molar-refractivity contribution in [2.75, 3.05) is 0 Å². The molecule has 112 valence electrons. The first-order valence-corrected chi connectivity index (χ1v) is 6.85. The van der Waals surface area contributed by atoms with Crippen molar-refractivity contribution in [3.63, 3.8) is 0 Å². The van der Waals surface area contributed by atoms with Gasteiger partial charge in [-0.25, -0.2) is 0 Å². The van der Waals surface area contributed by atoms with Gasteiger partial charge in [-0.1, -0.05) is 18.2 Å². The Balaban J connectivity index is 1.93. The summed E-state index contributed by atoms with van der Waals surface area (Å²) in [6, 6.07) is 13.4. The Morgan fingerprint density at radius 1 is 1.09 bits per heavy atom. The van der Waals surface area contributed by atoms with E-state index >= 15 is 0 Å². The molecule has 0 saturated carbocycles. The van der Waals surface area contributed by atoms with Crippen LogP contribution in [0.1, 0.15) is 29.3 Å². The van der Waals surface area contributed by atoms with Crippen molar-refractivity contribution in [1.82, 2.24) is 0 Å². The highest BCUT2D eigenvalue weighted by molar-refractivity contribution is 5.94. The van der Waals surface area contributed by atoms with Gasteiger partial charge < -0.3 is 15.4 Å². The molecule has 0 amide bonds. The molecule has 0 spiro atoms. The van der Waals surface area contributed by atoms with Crippen molar-refractivity contribution in [2.45, 2.75) is 19.8 Å². The molecule has 5 nitrogen and oxygen atoms in total. The number of benzene rings is 2. The van der Waals surface area contributed by atoms with Gasteiger partial charge in [-0.05, 0) is 49.2 Å². The number of nitrogens with zero attached hydrogens (tertiary/aromatic N) is 2. The first-order chi connectivity index (χ1) is 10.6. The number of hydrogen-bond acceptors (Lipinski definition) is 4. The van der Waals surface area contributed by atoms with Crippen molar-refractivity contribution in [1.29, 1.82) is 0 Å². The van der Waals surface area contributed by atoms with Gasteiger partial charge in [-0.3, -0.25) is 9.59 Å². The van der Waals surface area contributed by atoms with Gasteiger partial charge in [0.2, 0.25) is 0 Å². The van der Waals surface area contributed by atoms with Crippen LogP contribution in [-0.2, 0) is 11.2 Å². The number of esters is 1. The van der Waals surface area contributed by atoms with Crippen molar-refractivity contribution in [2.24, 2.45) is 5.11 Å². The monoisotopic (exact) mass is 295 g/mol. The molecule has 0 aliphatic carbocycles. The molecule has 0 heterocycles. The number of carbonyl (C=O) groups is 2. The summed E-state index contributed by atoms with van der Waals surface area (Å²) >= 11 is 0. The van der Waals surface area contributed by atoms with Crippen LogP contribution < -0.4 is 4.74 Å². The van der Waals surface area contributed by atoms with Crippen LogP contribution in [0, 0.1) is 0 Å². The van der Waals surface area contributed by atoms with Gasteiger partial charge in [0.25, 0.3) is 0 Å². The van der Waals surface area contributed by atoms with Crippen LogP contribution in [0.2, 0.25) is 0 Å². The molecule has 0 aliphatic rings. The van der Waals surface area contributed by atoms with Crippen LogP contribution in [0.15, 0.2) is 53.6 Å². The molecule has 5 heteroatoms. The predicted molar refractivity (Wildman–Crippen MR) is 82.3 cm³/mol. The second-order valence-corrected chi connectivity index (χ2v) is 4.78. The summed E-state index contributed by atoms with van der Waals surface area (Å²) in [5.74, 6) is -0.0271. The first kappa shape index (κ1) is 15.6. The highest BCUT2D eigenvalue weighted by Crippen LogP contribution is 2.20. The SMILES string of the molecule is CC(=O)c1ccc(OC(=O)CCc2ccccc2N=[N-])cc1. The van der Waals surface area contributed by atoms with Gasteiger partial charge in [0.1, 0.15) is 5.75 Å². The molecule has 22 heavy (non-hydrogen) atoms. The number of hydrogen-bond donors (Lipinski definition) is 0. The smallest absolute Gasteiger partial charge is 0.311 e. The molecular weight excluding hydrogens is 280 g/mol. The van der Waals surface area contributed by atoms with Gasteiger partial charge in [0, 0.05) is 11.3 Å². The summed E-state index contributed by atoms with van der Waals surface area (Å²) < 4.78 is 5.20. The molecule has 2 aromatic rings. The summed E-state index contributed by atoms with van der Waals surface area (Å²) in [5, 5.41) is 3.17. The summed E-state index contributed by atoms with van der Waals surface area (Å²) in [6.45, 7) is 1.48. The van der Waals surface area contributed by atoms with Crippen molar-refractivity contribution < 1.29 is 14.3 Å². The van der Waals surface area contributed by atoms with Crippen molar-refractivity contribution >= 4 is 17.4 Å². The predicted octanol–water partition coefficient (Wildman–Crippen LogP) is 4.08. The van der Waals surface area contributed by atoms with Gasteiger partial charge in [-0.2, -0.15) is 0 Å². The second kappa shape index (κ2) is 7.26. The Labute approximate surface area is 128 Å². The van der Waals surface area contributed by atoms with Crippen molar-refractivity contribution in [3.8, 4) is 5.75 Å². The molecule has 0 saturated heterocycles. The zero-order chi connectivity index (χ0) is 15.9. The standard InChI is InChI=1S/C17H15N2O3/c1-12(20)13-6-9-15(10-7-13)22-17(21)11-8-14-4-2-3-5-16(14)19-18/h2-7,9-10H,8,11H2,1H3/q-1. The number of ketones is 1. The normalized spacial score (nSPS) is 10.0. The zero-order valence-electron chi connectivity index (χ0n) is 12.2. The maximum Gasteiger partial charge on any atom is 0.311 e. The zero-order valence-corrected chi connectivity index (χ0v) is 12.2. The number of ether oxygens (including phenoxy) is 1. The minimum absolute atomic E-state index is 0.0396. The third kappa shape index (κ3) is 4.09. The molecule has 2 rings (SSSR count). The summed E-state index contributed by atoms with van der Waals surface area (Å²) in [5.41, 5.74) is 10.7. The van der Waals surface area contributed by atoms with E-state index in [4.69, 9.17) is 10.3 Å². The van der Waals surface area contributed by atoms with Crippen molar-refractivity contribution in [3.05, 3.63) is 65.2 Å². The van der Waals surface area contributed by atoms with Crippen LogP contribution in [0.4, 0.5) is 5.69 Å². The molecular formula is C17H15N2O3-. The molecule has 0 radical (unpaired) electrons. The lowest BCUT2D eigenvalue weighted by Gasteiger charge is -2.08. The van der Waals surface area contributed by atoms with Crippen LogP contribution in [0.3, 0.4) is 0 Å². The number of carbonyl (C=O) groups excluding carboxylic acids is 2. The van der Waals surface area contributed by atoms with E-state index in [1.165, 1.54) is 6.92 Å². The molecule has 0 atom stereocenters. The van der Waals surface area contributed by atoms with Crippen LogP contribution in [0.25, 0.3) is 5.53 Å². The lowest BCUT2D eigenvalue weighted by atomic mass is 10.1. The second-order valence-electron chi connectivity index (χ2n) is 4.78. The van der Waals surface area contributed by atoms with Crippen LogP contribution >= 0.6 is 0 Å². The van der Waals surface area contributed by atoms with E-state index in [9.17, 15) is 9.59 Å². The van der Waals surface area contributed by atoms with Gasteiger partial charge in [-0.15, -0.1) is 0 Å². The largest absolute Gasteiger partial charge is 0.706 e. The average molecular weight is 295 g/mol. The van der Waals surface area contributed by atoms with E-state index in [0.717, 1.165) is 5.56 Å². The fourth-order valence-electron chi connectivity index (χ4n) is 2.00. The van der Waals surface area contributed by atoms with Crippen LogP contribution in [0.5, 0.6) is 5.75 Å². The third-order valence-corrected chi connectivity index (χ3v) is 3.19. The van der Waals surface area contributed by atoms with E-state index in [2.05, 4.69) is 5.11 Å². The highest BCUT2D eigenvalue weighted by Gasteiger charge is 2.08. The molecule has 0 aliphatic heterocycles. The maximum absolute atomic E-state index is 11.8. The van der Waals surface area contributed by atoms with E-state index < -0.39 is 0 Å². The Bertz CT molecular complexity index is 693.